The lowest BCUT2D eigenvalue weighted by atomic mass is 9.96. The molecule has 2 aromatic heterocycles. The van der Waals surface area contributed by atoms with E-state index in [1.165, 1.54) is 11.1 Å². The van der Waals surface area contributed by atoms with Crippen LogP contribution in [0.4, 0.5) is 5.82 Å². The maximum Gasteiger partial charge on any atom is 0.178 e. The molecule has 0 aliphatic carbocycles. The highest BCUT2D eigenvalue weighted by molar-refractivity contribution is 5.45. The Labute approximate surface area is 171 Å². The summed E-state index contributed by atoms with van der Waals surface area (Å²) in [6.45, 7) is 9.85. The third kappa shape index (κ3) is 4.57. The van der Waals surface area contributed by atoms with Gasteiger partial charge in [-0.05, 0) is 36.1 Å². The van der Waals surface area contributed by atoms with E-state index in [-0.39, 0.29) is 11.5 Å². The number of nitrogens with zero attached hydrogens (tertiary/aromatic N) is 5. The molecule has 3 heterocycles. The van der Waals surface area contributed by atoms with E-state index in [1.807, 2.05) is 16.6 Å². The Morgan fingerprint density at radius 2 is 1.76 bits per heavy atom. The first-order valence-corrected chi connectivity index (χ1v) is 10.3. The second-order valence-corrected chi connectivity index (χ2v) is 8.89. The van der Waals surface area contributed by atoms with Gasteiger partial charge in [0.15, 0.2) is 11.5 Å². The monoisotopic (exact) mass is 394 g/mol. The quantitative estimate of drug-likeness (QED) is 0.693. The Morgan fingerprint density at radius 3 is 2.48 bits per heavy atom. The van der Waals surface area contributed by atoms with Crippen molar-refractivity contribution >= 4 is 11.5 Å². The van der Waals surface area contributed by atoms with Crippen LogP contribution in [0.1, 0.15) is 50.6 Å². The number of rotatable bonds is 5. The number of fused-ring (bicyclic) bond motifs is 1. The first-order valence-electron chi connectivity index (χ1n) is 10.3. The van der Waals surface area contributed by atoms with Crippen molar-refractivity contribution in [2.75, 3.05) is 18.4 Å². The van der Waals surface area contributed by atoms with E-state index >= 15 is 0 Å². The fourth-order valence-corrected chi connectivity index (χ4v) is 3.74. The molecule has 1 aliphatic rings. The van der Waals surface area contributed by atoms with Crippen LogP contribution in [-0.2, 0) is 18.5 Å². The van der Waals surface area contributed by atoms with Gasteiger partial charge in [0.25, 0.3) is 0 Å². The van der Waals surface area contributed by atoms with Crippen molar-refractivity contribution in [1.29, 1.82) is 0 Å². The Hall–Kier alpha value is -2.51. The second-order valence-electron chi connectivity index (χ2n) is 8.89. The number of aliphatic hydroxyl groups excluding tert-OH is 1. The molecule has 1 aliphatic heterocycles. The van der Waals surface area contributed by atoms with Crippen molar-refractivity contribution in [3.63, 3.8) is 0 Å². The van der Waals surface area contributed by atoms with E-state index in [0.29, 0.717) is 6.54 Å². The van der Waals surface area contributed by atoms with Crippen LogP contribution in [0.3, 0.4) is 0 Å². The summed E-state index contributed by atoms with van der Waals surface area (Å²) in [5, 5.41) is 26.4. The number of piperidine rings is 1. The van der Waals surface area contributed by atoms with Crippen LogP contribution in [0.2, 0.25) is 0 Å². The number of anilines is 1. The van der Waals surface area contributed by atoms with Gasteiger partial charge in [-0.15, -0.1) is 15.3 Å². The lowest BCUT2D eigenvalue weighted by Gasteiger charge is -2.30. The van der Waals surface area contributed by atoms with Gasteiger partial charge in [-0.1, -0.05) is 45.0 Å². The topological polar surface area (TPSA) is 78.6 Å². The van der Waals surface area contributed by atoms with E-state index in [1.54, 1.807) is 0 Å². The molecule has 29 heavy (non-hydrogen) atoms. The fourth-order valence-electron chi connectivity index (χ4n) is 3.74. The minimum absolute atomic E-state index is 0.125. The average Bonchev–Trinajstić information content (AvgIpc) is 3.13. The Morgan fingerprint density at radius 1 is 1.03 bits per heavy atom. The molecule has 7 nitrogen and oxygen atoms in total. The van der Waals surface area contributed by atoms with Crippen LogP contribution in [0.15, 0.2) is 36.4 Å². The Kier molecular flexibility index (Phi) is 5.52. The summed E-state index contributed by atoms with van der Waals surface area (Å²) in [6.07, 6.45) is 1.58. The molecule has 0 bridgehead atoms. The van der Waals surface area contributed by atoms with Gasteiger partial charge >= 0.3 is 0 Å². The van der Waals surface area contributed by atoms with Gasteiger partial charge in [0.1, 0.15) is 5.82 Å². The average molecular weight is 395 g/mol. The molecule has 0 unspecified atom stereocenters. The number of benzene rings is 1. The number of aliphatic hydroxyl groups is 1. The zero-order valence-corrected chi connectivity index (χ0v) is 17.5. The van der Waals surface area contributed by atoms with E-state index in [9.17, 15) is 5.11 Å². The molecule has 3 aromatic rings. The first kappa shape index (κ1) is 19.8. The van der Waals surface area contributed by atoms with Crippen LogP contribution >= 0.6 is 0 Å². The standard InChI is InChI=1S/C22H30N6O/c1-22(2,3)21-25-24-20-9-8-19(26-28(20)21)23-14-16-6-4-5-7-17(16)15-27-12-10-18(29)11-13-27/h4-9,18,29H,10-15H2,1-3H3,(H,23,26). The van der Waals surface area contributed by atoms with E-state index in [0.717, 1.165) is 49.8 Å². The zero-order valence-electron chi connectivity index (χ0n) is 17.5. The van der Waals surface area contributed by atoms with Crippen molar-refractivity contribution in [3.05, 3.63) is 53.3 Å². The van der Waals surface area contributed by atoms with E-state index in [2.05, 4.69) is 65.5 Å². The lowest BCUT2D eigenvalue weighted by molar-refractivity contribution is 0.0791. The minimum Gasteiger partial charge on any atom is -0.393 e. The van der Waals surface area contributed by atoms with E-state index in [4.69, 9.17) is 5.10 Å². The summed E-state index contributed by atoms with van der Waals surface area (Å²) in [5.41, 5.74) is 3.21. The smallest absolute Gasteiger partial charge is 0.178 e. The van der Waals surface area contributed by atoms with Gasteiger partial charge in [0.05, 0.1) is 6.10 Å². The first-order chi connectivity index (χ1) is 13.9. The number of nitrogens with one attached hydrogen (secondary N) is 1. The van der Waals surface area contributed by atoms with E-state index < -0.39 is 0 Å². The van der Waals surface area contributed by atoms with Crippen molar-refractivity contribution in [2.45, 2.75) is 58.2 Å². The Bertz CT molecular complexity index is 969. The number of hydrogen-bond acceptors (Lipinski definition) is 6. The highest BCUT2D eigenvalue weighted by Crippen LogP contribution is 2.21. The second kappa shape index (κ2) is 8.08. The highest BCUT2D eigenvalue weighted by Gasteiger charge is 2.22. The molecule has 2 N–H and O–H groups in total. The molecule has 7 heteroatoms. The van der Waals surface area contributed by atoms with Crippen LogP contribution < -0.4 is 5.32 Å². The summed E-state index contributed by atoms with van der Waals surface area (Å²) in [4.78, 5) is 2.42. The largest absolute Gasteiger partial charge is 0.393 e. The van der Waals surface area contributed by atoms with Crippen LogP contribution in [0.25, 0.3) is 5.65 Å². The zero-order chi connectivity index (χ0) is 20.4. The van der Waals surface area contributed by atoms with Gasteiger partial charge in [0, 0.05) is 31.6 Å². The Balaban J connectivity index is 1.48. The van der Waals surface area contributed by atoms with Crippen molar-refractivity contribution in [1.82, 2.24) is 24.7 Å². The molecule has 4 rings (SSSR count). The molecular formula is C22H30N6O. The molecule has 0 amide bonds. The van der Waals surface area contributed by atoms with Gasteiger partial charge < -0.3 is 10.4 Å². The number of aromatic nitrogens is 4. The van der Waals surface area contributed by atoms with Crippen LogP contribution in [0.5, 0.6) is 0 Å². The molecule has 154 valence electrons. The third-order valence-corrected chi connectivity index (χ3v) is 5.46. The summed E-state index contributed by atoms with van der Waals surface area (Å²) in [7, 11) is 0. The third-order valence-electron chi connectivity index (χ3n) is 5.46. The van der Waals surface area contributed by atoms with Gasteiger partial charge in [-0.2, -0.15) is 4.52 Å². The minimum atomic E-state index is -0.139. The van der Waals surface area contributed by atoms with Crippen molar-refractivity contribution in [2.24, 2.45) is 0 Å². The van der Waals surface area contributed by atoms with Crippen molar-refractivity contribution in [3.8, 4) is 0 Å². The summed E-state index contributed by atoms with van der Waals surface area (Å²) in [5.74, 6) is 1.66. The van der Waals surface area contributed by atoms with Gasteiger partial charge in [0.2, 0.25) is 0 Å². The molecule has 1 fully saturated rings. The molecule has 0 radical (unpaired) electrons. The van der Waals surface area contributed by atoms with Crippen LogP contribution in [0, 0.1) is 0 Å². The SMILES string of the molecule is CC(C)(C)c1nnc2ccc(NCc3ccccc3CN3CCC(O)CC3)nn12. The predicted molar refractivity (Wildman–Crippen MR) is 114 cm³/mol. The number of likely N-dealkylation sites (tertiary alicyclic amines) is 1. The van der Waals surface area contributed by atoms with Crippen molar-refractivity contribution < 1.29 is 5.11 Å². The predicted octanol–water partition coefficient (Wildman–Crippen LogP) is 2.99. The molecule has 1 saturated heterocycles. The molecule has 0 saturated carbocycles. The molecular weight excluding hydrogens is 364 g/mol. The maximum atomic E-state index is 9.73. The molecule has 1 aromatic carbocycles. The normalized spacial score (nSPS) is 16.4. The summed E-state index contributed by atoms with van der Waals surface area (Å²) < 4.78 is 1.83. The highest BCUT2D eigenvalue weighted by atomic mass is 16.3. The molecule has 0 spiro atoms. The fraction of sp³-hybridized carbons (Fsp3) is 0.500. The van der Waals surface area contributed by atoms with Crippen LogP contribution in [-0.4, -0.2) is 49.0 Å². The molecule has 0 atom stereocenters. The van der Waals surface area contributed by atoms with Gasteiger partial charge in [-0.3, -0.25) is 4.90 Å². The lowest BCUT2D eigenvalue weighted by Crippen LogP contribution is -2.35. The number of hydrogen-bond donors (Lipinski definition) is 2. The summed E-state index contributed by atoms with van der Waals surface area (Å²) >= 11 is 0. The maximum absolute atomic E-state index is 9.73. The van der Waals surface area contributed by atoms with Gasteiger partial charge in [-0.25, -0.2) is 0 Å². The summed E-state index contributed by atoms with van der Waals surface area (Å²) in [6, 6.07) is 12.4.